The van der Waals surface area contributed by atoms with E-state index in [-0.39, 0.29) is 0 Å². The molecule has 6 unspecified atom stereocenters. The van der Waals surface area contributed by atoms with Crippen LogP contribution in [0.4, 0.5) is 0 Å². The van der Waals surface area contributed by atoms with E-state index in [9.17, 15) is 0 Å². The zero-order chi connectivity index (χ0) is 11.9. The molecule has 0 aliphatic heterocycles. The maximum absolute atomic E-state index is 1.64. The van der Waals surface area contributed by atoms with E-state index in [4.69, 9.17) is 0 Å². The van der Waals surface area contributed by atoms with Gasteiger partial charge in [-0.2, -0.15) is 0 Å². The third-order valence-corrected chi connectivity index (χ3v) is 7.20. The Kier molecular flexibility index (Phi) is 3.17. The van der Waals surface area contributed by atoms with Gasteiger partial charge in [0.15, 0.2) is 0 Å². The van der Waals surface area contributed by atoms with Gasteiger partial charge in [-0.15, -0.1) is 0 Å². The first-order chi connectivity index (χ1) is 8.90. The summed E-state index contributed by atoms with van der Waals surface area (Å²) in [5, 5.41) is 0. The quantitative estimate of drug-likeness (QED) is 0.535. The zero-order valence-electron chi connectivity index (χ0n) is 11.9. The molecule has 6 bridgehead atoms. The lowest BCUT2D eigenvalue weighted by Gasteiger charge is -2.39. The highest BCUT2D eigenvalue weighted by molar-refractivity contribution is 4.92. The molecular weight excluding hydrogens is 216 g/mol. The van der Waals surface area contributed by atoms with Gasteiger partial charge in [0.2, 0.25) is 0 Å². The van der Waals surface area contributed by atoms with Crippen LogP contribution in [-0.4, -0.2) is 0 Å². The van der Waals surface area contributed by atoms with Crippen LogP contribution < -0.4 is 0 Å². The Morgan fingerprint density at radius 2 is 1.00 bits per heavy atom. The van der Waals surface area contributed by atoms with Gasteiger partial charge < -0.3 is 0 Å². The van der Waals surface area contributed by atoms with Crippen molar-refractivity contribution in [3.63, 3.8) is 0 Å². The van der Waals surface area contributed by atoms with Crippen molar-refractivity contribution in [3.8, 4) is 0 Å². The highest BCUT2D eigenvalue weighted by Gasteiger charge is 2.41. The molecule has 18 heavy (non-hydrogen) atoms. The number of fused-ring (bicyclic) bond motifs is 4. The largest absolute Gasteiger partial charge is 0.0528 e. The van der Waals surface area contributed by atoms with Gasteiger partial charge >= 0.3 is 0 Å². The van der Waals surface area contributed by atoms with Crippen molar-refractivity contribution in [1.82, 2.24) is 0 Å². The van der Waals surface area contributed by atoms with E-state index in [1.165, 1.54) is 0 Å². The van der Waals surface area contributed by atoms with Crippen molar-refractivity contribution in [2.45, 2.75) is 77.0 Å². The van der Waals surface area contributed by atoms with E-state index in [2.05, 4.69) is 0 Å². The summed E-state index contributed by atoms with van der Waals surface area (Å²) in [4.78, 5) is 0. The second kappa shape index (κ2) is 4.84. The van der Waals surface area contributed by atoms with Gasteiger partial charge in [0, 0.05) is 0 Å². The van der Waals surface area contributed by atoms with Crippen molar-refractivity contribution in [1.29, 1.82) is 0 Å². The lowest BCUT2D eigenvalue weighted by Crippen LogP contribution is -2.29. The highest BCUT2D eigenvalue weighted by Crippen LogP contribution is 2.52. The van der Waals surface area contributed by atoms with Gasteiger partial charge in [-0.3, -0.25) is 0 Å². The Bertz CT molecular complexity index is 294. The molecule has 0 spiro atoms. The van der Waals surface area contributed by atoms with Crippen molar-refractivity contribution in [2.75, 3.05) is 0 Å². The van der Waals surface area contributed by atoms with Crippen molar-refractivity contribution in [2.24, 2.45) is 35.5 Å². The van der Waals surface area contributed by atoms with E-state index < -0.39 is 0 Å². The van der Waals surface area contributed by atoms with Crippen molar-refractivity contribution >= 4 is 0 Å². The van der Waals surface area contributed by atoms with E-state index in [1.807, 2.05) is 0 Å². The molecule has 4 aliphatic rings. The summed E-state index contributed by atoms with van der Waals surface area (Å²) >= 11 is 0. The lowest BCUT2D eigenvalue weighted by atomic mass is 9.67. The summed E-state index contributed by atoms with van der Waals surface area (Å²) < 4.78 is 0. The lowest BCUT2D eigenvalue weighted by molar-refractivity contribution is 0.118. The standard InChI is InChI=1S/C18H30/c1-4-13-10-14(5-1)15-6-3-9-18-16(11-13)7-2-8-17(18)12-15/h13-18H,1-12H2. The third-order valence-electron chi connectivity index (χ3n) is 7.20. The molecule has 0 aromatic rings. The Balaban J connectivity index is 1.66. The van der Waals surface area contributed by atoms with E-state index in [0.717, 1.165) is 35.5 Å². The van der Waals surface area contributed by atoms with Crippen LogP contribution >= 0.6 is 0 Å². The van der Waals surface area contributed by atoms with Crippen LogP contribution in [0.2, 0.25) is 0 Å². The van der Waals surface area contributed by atoms with Crippen LogP contribution in [0.15, 0.2) is 0 Å². The van der Waals surface area contributed by atoms with Gasteiger partial charge in [0.25, 0.3) is 0 Å². The fourth-order valence-electron chi connectivity index (χ4n) is 6.47. The first-order valence-corrected chi connectivity index (χ1v) is 8.90. The summed E-state index contributed by atoms with van der Waals surface area (Å²) in [5.74, 6) is 6.86. The molecule has 4 rings (SSSR count). The Labute approximate surface area is 113 Å². The van der Waals surface area contributed by atoms with Gasteiger partial charge in [-0.05, 0) is 61.2 Å². The van der Waals surface area contributed by atoms with E-state index in [0.29, 0.717) is 0 Å². The zero-order valence-corrected chi connectivity index (χ0v) is 11.9. The van der Waals surface area contributed by atoms with E-state index >= 15 is 0 Å². The first-order valence-electron chi connectivity index (χ1n) is 8.90. The molecular formula is C18H30. The van der Waals surface area contributed by atoms with Gasteiger partial charge in [0.05, 0.1) is 0 Å². The minimum absolute atomic E-state index is 1.13. The van der Waals surface area contributed by atoms with Crippen LogP contribution in [0.3, 0.4) is 0 Å². The van der Waals surface area contributed by atoms with Crippen molar-refractivity contribution in [3.05, 3.63) is 0 Å². The summed E-state index contributed by atoms with van der Waals surface area (Å²) in [6, 6.07) is 0. The molecule has 102 valence electrons. The minimum Gasteiger partial charge on any atom is -0.0528 e. The smallest absolute Gasteiger partial charge is 0.0357 e. The molecule has 4 fully saturated rings. The first kappa shape index (κ1) is 11.8. The average molecular weight is 246 g/mol. The summed E-state index contributed by atoms with van der Waals surface area (Å²) in [5.41, 5.74) is 0. The molecule has 0 amide bonds. The monoisotopic (exact) mass is 246 g/mol. The fraction of sp³-hybridized carbons (Fsp3) is 1.00. The molecule has 0 aromatic heterocycles. The second-order valence-electron chi connectivity index (χ2n) is 8.07. The summed E-state index contributed by atoms with van der Waals surface area (Å²) in [6.45, 7) is 0. The van der Waals surface area contributed by atoms with Crippen LogP contribution in [0, 0.1) is 35.5 Å². The maximum Gasteiger partial charge on any atom is -0.0357 e. The van der Waals surface area contributed by atoms with Gasteiger partial charge in [-0.1, -0.05) is 51.4 Å². The fourth-order valence-corrected chi connectivity index (χ4v) is 6.47. The SMILES string of the molecule is C1CC2CC(C1)C1CCCC3C(CCCC3C1)C2. The normalized spacial score (nSPS) is 52.0. The molecule has 0 N–H and O–H groups in total. The third kappa shape index (κ3) is 2.04. The number of hydrogen-bond donors (Lipinski definition) is 0. The molecule has 0 radical (unpaired) electrons. The molecule has 0 heterocycles. The van der Waals surface area contributed by atoms with Crippen LogP contribution in [0.1, 0.15) is 77.0 Å². The van der Waals surface area contributed by atoms with E-state index in [1.54, 1.807) is 77.0 Å². The predicted octanol–water partition coefficient (Wildman–Crippen LogP) is 5.42. The average Bonchev–Trinajstić information content (AvgIpc) is 2.61. The number of rotatable bonds is 0. The molecule has 4 saturated carbocycles. The second-order valence-corrected chi connectivity index (χ2v) is 8.07. The Morgan fingerprint density at radius 3 is 1.89 bits per heavy atom. The Hall–Kier alpha value is 0. The minimum atomic E-state index is 1.13. The molecule has 0 nitrogen and oxygen atoms in total. The highest BCUT2D eigenvalue weighted by atomic mass is 14.5. The van der Waals surface area contributed by atoms with Crippen molar-refractivity contribution < 1.29 is 0 Å². The van der Waals surface area contributed by atoms with Gasteiger partial charge in [0.1, 0.15) is 0 Å². The number of hydrogen-bond acceptors (Lipinski definition) is 0. The Morgan fingerprint density at radius 1 is 0.444 bits per heavy atom. The van der Waals surface area contributed by atoms with Crippen LogP contribution in [0.5, 0.6) is 0 Å². The van der Waals surface area contributed by atoms with Crippen LogP contribution in [0.25, 0.3) is 0 Å². The molecule has 0 heteroatoms. The molecule has 4 aliphatic carbocycles. The van der Waals surface area contributed by atoms with Gasteiger partial charge in [-0.25, -0.2) is 0 Å². The maximum atomic E-state index is 1.64. The topological polar surface area (TPSA) is 0 Å². The molecule has 6 atom stereocenters. The summed E-state index contributed by atoms with van der Waals surface area (Å²) in [7, 11) is 0. The predicted molar refractivity (Wildman–Crippen MR) is 76.3 cm³/mol. The summed E-state index contributed by atoms with van der Waals surface area (Å²) in [6.07, 6.45) is 19.1. The van der Waals surface area contributed by atoms with Crippen LogP contribution in [-0.2, 0) is 0 Å². The molecule has 0 saturated heterocycles. The molecule has 0 aromatic carbocycles.